The molecule has 1 aromatic rings. The molecule has 2 nitrogen and oxygen atoms in total. The summed E-state index contributed by atoms with van der Waals surface area (Å²) in [6.07, 6.45) is 1.89. The Labute approximate surface area is 82.5 Å². The maximum Gasteiger partial charge on any atom is 0.168 e. The Morgan fingerprint density at radius 2 is 2.14 bits per heavy atom. The first kappa shape index (κ1) is 9.46. The van der Waals surface area contributed by atoms with Crippen LogP contribution in [0, 0.1) is 12.7 Å². The molecule has 1 aliphatic rings. The van der Waals surface area contributed by atoms with E-state index in [1.54, 1.807) is 19.1 Å². The van der Waals surface area contributed by atoms with E-state index in [1.165, 1.54) is 0 Å². The highest BCUT2D eigenvalue weighted by Crippen LogP contribution is 2.50. The van der Waals surface area contributed by atoms with E-state index in [-0.39, 0.29) is 11.2 Å². The van der Waals surface area contributed by atoms with Crippen molar-refractivity contribution in [2.45, 2.75) is 25.2 Å². The van der Waals surface area contributed by atoms with Crippen molar-refractivity contribution >= 4 is 0 Å². The second kappa shape index (κ2) is 2.95. The maximum atomic E-state index is 13.4. The first-order chi connectivity index (χ1) is 6.60. The summed E-state index contributed by atoms with van der Waals surface area (Å²) >= 11 is 0. The maximum absolute atomic E-state index is 13.4. The third kappa shape index (κ3) is 1.20. The molecule has 0 radical (unpaired) electrons. The van der Waals surface area contributed by atoms with Crippen molar-refractivity contribution in [3.63, 3.8) is 0 Å². The predicted octanol–water partition coefficient (Wildman–Crippen LogP) is 1.83. The van der Waals surface area contributed by atoms with Gasteiger partial charge in [-0.2, -0.15) is 0 Å². The first-order valence-corrected chi connectivity index (χ1v) is 4.79. The predicted molar refractivity (Wildman–Crippen MR) is 52.8 cm³/mol. The summed E-state index contributed by atoms with van der Waals surface area (Å²) < 4.78 is 13.4. The van der Waals surface area contributed by atoms with Crippen molar-refractivity contribution in [3.8, 4) is 5.75 Å². The fraction of sp³-hybridized carbons (Fsp3) is 0.455. The lowest BCUT2D eigenvalue weighted by atomic mass is 9.94. The molecule has 0 amide bonds. The fourth-order valence-electron chi connectivity index (χ4n) is 1.83. The first-order valence-electron chi connectivity index (χ1n) is 4.79. The van der Waals surface area contributed by atoms with Gasteiger partial charge in [0.2, 0.25) is 0 Å². The normalized spacial score (nSPS) is 18.2. The highest BCUT2D eigenvalue weighted by molar-refractivity contribution is 5.45. The topological polar surface area (TPSA) is 46.2 Å². The molecule has 76 valence electrons. The summed E-state index contributed by atoms with van der Waals surface area (Å²) in [6, 6.07) is 3.48. The highest BCUT2D eigenvalue weighted by atomic mass is 19.1. The molecule has 1 saturated carbocycles. The molecule has 0 bridgehead atoms. The second-order valence-corrected chi connectivity index (χ2v) is 4.08. The molecule has 1 fully saturated rings. The number of phenols is 1. The molecule has 1 aliphatic carbocycles. The van der Waals surface area contributed by atoms with Gasteiger partial charge in [-0.05, 0) is 25.3 Å². The molecule has 0 heterocycles. The molecule has 1 aromatic carbocycles. The molecule has 3 heteroatoms. The van der Waals surface area contributed by atoms with Crippen molar-refractivity contribution < 1.29 is 9.50 Å². The fourth-order valence-corrected chi connectivity index (χ4v) is 1.83. The SMILES string of the molecule is Cc1ccc(C2(CN)CC2)c(O)c1F. The van der Waals surface area contributed by atoms with Crippen LogP contribution in [0.2, 0.25) is 0 Å². The lowest BCUT2D eigenvalue weighted by Crippen LogP contribution is -2.20. The van der Waals surface area contributed by atoms with Gasteiger partial charge in [-0.15, -0.1) is 0 Å². The Morgan fingerprint density at radius 3 is 2.64 bits per heavy atom. The van der Waals surface area contributed by atoms with E-state index in [1.807, 2.05) is 0 Å². The van der Waals surface area contributed by atoms with E-state index in [0.717, 1.165) is 12.8 Å². The number of benzene rings is 1. The van der Waals surface area contributed by atoms with E-state index in [4.69, 9.17) is 5.73 Å². The third-order valence-electron chi connectivity index (χ3n) is 3.12. The van der Waals surface area contributed by atoms with Gasteiger partial charge in [0.1, 0.15) is 0 Å². The quantitative estimate of drug-likeness (QED) is 0.756. The van der Waals surface area contributed by atoms with Crippen LogP contribution in [-0.2, 0) is 5.41 Å². The van der Waals surface area contributed by atoms with Crippen LogP contribution in [0.25, 0.3) is 0 Å². The lowest BCUT2D eigenvalue weighted by molar-refractivity contribution is 0.416. The van der Waals surface area contributed by atoms with Gasteiger partial charge in [-0.25, -0.2) is 4.39 Å². The highest BCUT2D eigenvalue weighted by Gasteiger charge is 2.45. The summed E-state index contributed by atoms with van der Waals surface area (Å²) in [5.41, 5.74) is 6.61. The van der Waals surface area contributed by atoms with Crippen molar-refractivity contribution in [2.75, 3.05) is 6.54 Å². The van der Waals surface area contributed by atoms with Gasteiger partial charge < -0.3 is 10.8 Å². The van der Waals surface area contributed by atoms with Crippen LogP contribution >= 0.6 is 0 Å². The summed E-state index contributed by atoms with van der Waals surface area (Å²) in [6.45, 7) is 2.11. The van der Waals surface area contributed by atoms with Crippen LogP contribution in [0.4, 0.5) is 4.39 Å². The Bertz CT molecular complexity index is 372. The van der Waals surface area contributed by atoms with Crippen LogP contribution in [0.3, 0.4) is 0 Å². The van der Waals surface area contributed by atoms with Crippen molar-refractivity contribution in [2.24, 2.45) is 5.73 Å². The molecule has 2 rings (SSSR count). The number of hydrogen-bond acceptors (Lipinski definition) is 2. The number of nitrogens with two attached hydrogens (primary N) is 1. The Morgan fingerprint density at radius 1 is 1.50 bits per heavy atom. The van der Waals surface area contributed by atoms with Gasteiger partial charge in [0.05, 0.1) is 0 Å². The summed E-state index contributed by atoms with van der Waals surface area (Å²) in [4.78, 5) is 0. The standard InChI is InChI=1S/C11H14FNO/c1-7-2-3-8(10(14)9(7)12)11(6-13)4-5-11/h2-3,14H,4-6,13H2,1H3. The zero-order chi connectivity index (χ0) is 10.3. The zero-order valence-electron chi connectivity index (χ0n) is 8.18. The van der Waals surface area contributed by atoms with Gasteiger partial charge in [0, 0.05) is 17.5 Å². The Kier molecular flexibility index (Phi) is 2.00. The zero-order valence-corrected chi connectivity index (χ0v) is 8.18. The summed E-state index contributed by atoms with van der Waals surface area (Å²) in [5, 5.41) is 9.65. The van der Waals surface area contributed by atoms with E-state index in [9.17, 15) is 9.50 Å². The number of phenolic OH excluding ortho intramolecular Hbond substituents is 1. The van der Waals surface area contributed by atoms with Crippen LogP contribution in [-0.4, -0.2) is 11.7 Å². The minimum absolute atomic E-state index is 0.154. The van der Waals surface area contributed by atoms with Crippen LogP contribution in [0.1, 0.15) is 24.0 Å². The Hall–Kier alpha value is -1.09. The van der Waals surface area contributed by atoms with Crippen LogP contribution in [0.5, 0.6) is 5.75 Å². The van der Waals surface area contributed by atoms with Gasteiger partial charge >= 0.3 is 0 Å². The largest absolute Gasteiger partial charge is 0.505 e. The van der Waals surface area contributed by atoms with E-state index in [2.05, 4.69) is 0 Å². The molecule has 3 N–H and O–H groups in total. The average molecular weight is 195 g/mol. The molecule has 0 aliphatic heterocycles. The minimum Gasteiger partial charge on any atom is -0.505 e. The second-order valence-electron chi connectivity index (χ2n) is 4.08. The number of rotatable bonds is 2. The molecule has 0 aromatic heterocycles. The monoisotopic (exact) mass is 195 g/mol. The minimum atomic E-state index is -0.512. The average Bonchev–Trinajstić information content (AvgIpc) is 2.95. The van der Waals surface area contributed by atoms with Crippen LogP contribution in [0.15, 0.2) is 12.1 Å². The molecular formula is C11H14FNO. The smallest absolute Gasteiger partial charge is 0.168 e. The van der Waals surface area contributed by atoms with Gasteiger partial charge in [0.25, 0.3) is 0 Å². The van der Waals surface area contributed by atoms with Crippen LogP contribution < -0.4 is 5.73 Å². The molecule has 0 spiro atoms. The van der Waals surface area contributed by atoms with E-state index >= 15 is 0 Å². The van der Waals surface area contributed by atoms with Gasteiger partial charge in [-0.3, -0.25) is 0 Å². The number of aromatic hydroxyl groups is 1. The van der Waals surface area contributed by atoms with Crippen molar-refractivity contribution in [1.82, 2.24) is 0 Å². The third-order valence-corrected chi connectivity index (χ3v) is 3.12. The van der Waals surface area contributed by atoms with E-state index in [0.29, 0.717) is 17.7 Å². The van der Waals surface area contributed by atoms with E-state index < -0.39 is 5.82 Å². The molecule has 0 atom stereocenters. The molecular weight excluding hydrogens is 181 g/mol. The van der Waals surface area contributed by atoms with Crippen molar-refractivity contribution in [3.05, 3.63) is 29.1 Å². The lowest BCUT2D eigenvalue weighted by Gasteiger charge is -2.15. The van der Waals surface area contributed by atoms with Gasteiger partial charge in [0.15, 0.2) is 11.6 Å². The Balaban J connectivity index is 2.50. The summed E-state index contributed by atoms with van der Waals surface area (Å²) in [7, 11) is 0. The number of halogens is 1. The molecule has 0 saturated heterocycles. The molecule has 0 unspecified atom stereocenters. The molecule has 14 heavy (non-hydrogen) atoms. The summed E-state index contributed by atoms with van der Waals surface area (Å²) in [5.74, 6) is -0.727. The number of hydrogen-bond donors (Lipinski definition) is 2. The number of aryl methyl sites for hydroxylation is 1. The van der Waals surface area contributed by atoms with Crippen molar-refractivity contribution in [1.29, 1.82) is 0 Å². The van der Waals surface area contributed by atoms with Gasteiger partial charge in [-0.1, -0.05) is 12.1 Å².